The van der Waals surface area contributed by atoms with Gasteiger partial charge in [0.05, 0.1) is 6.10 Å². The third-order valence-corrected chi connectivity index (χ3v) is 9.44. The standard InChI is InChI=1S/C25H35FO7/c1-15(27)32-13-21(30)24(33-14-31-4)10-8-18-19-6-5-16-11-17(28)7-9-22(16,2)25(19,26)20(29)12-23(18,24)3/h11,18-20,29H,5-10,12-14H2,1-4H3/t18-,19-,20?,22-,23-,24-,25-/m0/s1. The number of allylic oxidation sites excluding steroid dienone is 1. The number of fused-ring (bicyclic) bond motifs is 5. The number of ketones is 2. The van der Waals surface area contributed by atoms with E-state index >= 15 is 4.39 Å². The number of hydrogen-bond acceptors (Lipinski definition) is 7. The molecule has 0 aliphatic heterocycles. The molecule has 3 fully saturated rings. The molecule has 0 spiro atoms. The average Bonchev–Trinajstić information content (AvgIpc) is 3.05. The summed E-state index contributed by atoms with van der Waals surface area (Å²) >= 11 is 0. The summed E-state index contributed by atoms with van der Waals surface area (Å²) < 4.78 is 33.4. The zero-order chi connectivity index (χ0) is 24.2. The second kappa shape index (κ2) is 8.24. The number of aliphatic hydroxyl groups excluding tert-OH is 1. The molecule has 7 nitrogen and oxygen atoms in total. The number of carbonyl (C=O) groups excluding carboxylic acids is 3. The summed E-state index contributed by atoms with van der Waals surface area (Å²) in [6, 6.07) is 0. The number of Topliss-reactive ketones (excluding diaryl/α,β-unsaturated/α-hetero) is 1. The quantitative estimate of drug-likeness (QED) is 0.474. The van der Waals surface area contributed by atoms with Gasteiger partial charge in [-0.3, -0.25) is 14.4 Å². The highest BCUT2D eigenvalue weighted by atomic mass is 19.1. The smallest absolute Gasteiger partial charge is 0.303 e. The maximum atomic E-state index is 17.2. The van der Waals surface area contributed by atoms with Gasteiger partial charge in [-0.25, -0.2) is 4.39 Å². The second-order valence-corrected chi connectivity index (χ2v) is 10.7. The van der Waals surface area contributed by atoms with Crippen molar-refractivity contribution >= 4 is 17.5 Å². The number of rotatable bonds is 6. The fourth-order valence-electron chi connectivity index (χ4n) is 7.78. The van der Waals surface area contributed by atoms with Crippen molar-refractivity contribution < 1.29 is 38.1 Å². The van der Waals surface area contributed by atoms with Crippen LogP contribution in [0.5, 0.6) is 0 Å². The van der Waals surface area contributed by atoms with Crippen molar-refractivity contribution in [2.75, 3.05) is 20.5 Å². The van der Waals surface area contributed by atoms with Gasteiger partial charge in [0, 0.05) is 37.2 Å². The molecule has 4 aliphatic rings. The summed E-state index contributed by atoms with van der Waals surface area (Å²) in [5.41, 5.74) is -4.20. The molecule has 33 heavy (non-hydrogen) atoms. The lowest BCUT2D eigenvalue weighted by Gasteiger charge is -2.63. The van der Waals surface area contributed by atoms with Crippen LogP contribution in [0.15, 0.2) is 11.6 Å². The normalized spacial score (nSPS) is 44.4. The van der Waals surface area contributed by atoms with Crippen LogP contribution in [0.4, 0.5) is 4.39 Å². The van der Waals surface area contributed by atoms with Crippen LogP contribution < -0.4 is 0 Å². The highest BCUT2D eigenvalue weighted by Gasteiger charge is 2.75. The Bertz CT molecular complexity index is 886. The Labute approximate surface area is 194 Å². The van der Waals surface area contributed by atoms with Crippen molar-refractivity contribution in [3.8, 4) is 0 Å². The molecule has 184 valence electrons. The molecule has 8 heteroatoms. The topological polar surface area (TPSA) is 99.1 Å². The third-order valence-electron chi connectivity index (χ3n) is 9.44. The van der Waals surface area contributed by atoms with E-state index in [2.05, 4.69) is 0 Å². The number of halogens is 1. The monoisotopic (exact) mass is 466 g/mol. The van der Waals surface area contributed by atoms with E-state index in [0.29, 0.717) is 32.1 Å². The van der Waals surface area contributed by atoms with Crippen molar-refractivity contribution in [3.05, 3.63) is 11.6 Å². The van der Waals surface area contributed by atoms with Gasteiger partial charge in [0.25, 0.3) is 0 Å². The minimum Gasteiger partial charge on any atom is -0.458 e. The number of aliphatic hydroxyl groups is 1. The van der Waals surface area contributed by atoms with Gasteiger partial charge in [-0.15, -0.1) is 0 Å². The van der Waals surface area contributed by atoms with Crippen LogP contribution in [0.3, 0.4) is 0 Å². The van der Waals surface area contributed by atoms with Gasteiger partial charge in [0.15, 0.2) is 12.4 Å². The van der Waals surface area contributed by atoms with E-state index < -0.39 is 46.7 Å². The zero-order valence-electron chi connectivity index (χ0n) is 19.9. The Morgan fingerprint density at radius 2 is 1.91 bits per heavy atom. The molecule has 7 atom stereocenters. The summed E-state index contributed by atoms with van der Waals surface area (Å²) in [4.78, 5) is 36.8. The lowest BCUT2D eigenvalue weighted by Crippen LogP contribution is -2.70. The number of ether oxygens (including phenoxy) is 3. The molecule has 1 unspecified atom stereocenters. The van der Waals surface area contributed by atoms with Gasteiger partial charge in [0.2, 0.25) is 5.78 Å². The summed E-state index contributed by atoms with van der Waals surface area (Å²) in [7, 11) is 1.46. The minimum absolute atomic E-state index is 0.0172. The van der Waals surface area contributed by atoms with Gasteiger partial charge in [-0.05, 0) is 50.5 Å². The molecule has 0 saturated heterocycles. The Morgan fingerprint density at radius 1 is 1.18 bits per heavy atom. The van der Waals surface area contributed by atoms with E-state index in [9.17, 15) is 19.5 Å². The van der Waals surface area contributed by atoms with Gasteiger partial charge in [-0.2, -0.15) is 0 Å². The molecule has 0 radical (unpaired) electrons. The van der Waals surface area contributed by atoms with Crippen molar-refractivity contribution in [1.29, 1.82) is 0 Å². The van der Waals surface area contributed by atoms with Crippen LogP contribution in [-0.4, -0.2) is 60.5 Å². The number of methoxy groups -OCH3 is 1. The largest absolute Gasteiger partial charge is 0.458 e. The van der Waals surface area contributed by atoms with Crippen LogP contribution in [0.1, 0.15) is 65.7 Å². The van der Waals surface area contributed by atoms with Crippen molar-refractivity contribution in [3.63, 3.8) is 0 Å². The molecule has 0 aromatic rings. The van der Waals surface area contributed by atoms with E-state index in [0.717, 1.165) is 5.57 Å². The van der Waals surface area contributed by atoms with E-state index in [-0.39, 0.29) is 37.1 Å². The highest BCUT2D eigenvalue weighted by molar-refractivity contribution is 5.92. The number of alkyl halides is 1. The Hall–Kier alpha value is -1.64. The maximum Gasteiger partial charge on any atom is 0.303 e. The molecular weight excluding hydrogens is 431 g/mol. The van der Waals surface area contributed by atoms with Gasteiger partial charge in [-0.1, -0.05) is 19.4 Å². The van der Waals surface area contributed by atoms with Gasteiger partial charge >= 0.3 is 5.97 Å². The minimum atomic E-state index is -1.89. The van der Waals surface area contributed by atoms with Gasteiger partial charge < -0.3 is 19.3 Å². The van der Waals surface area contributed by atoms with Crippen molar-refractivity contribution in [2.24, 2.45) is 22.7 Å². The Kier molecular flexibility index (Phi) is 6.11. The van der Waals surface area contributed by atoms with Gasteiger partial charge in [0.1, 0.15) is 18.1 Å². The number of esters is 1. The van der Waals surface area contributed by atoms with Crippen LogP contribution in [0.25, 0.3) is 0 Å². The SMILES string of the molecule is COCO[C@]1(C(=O)COC(C)=O)CC[C@H]2[C@@H]3CCC4=CC(=O)CC[C@]4(C)[C@@]3(F)C(O)C[C@@]21C. The third kappa shape index (κ3) is 3.27. The second-order valence-electron chi connectivity index (χ2n) is 10.7. The Balaban J connectivity index is 1.74. The first kappa shape index (κ1) is 24.5. The lowest BCUT2D eigenvalue weighted by molar-refractivity contribution is -0.244. The van der Waals surface area contributed by atoms with E-state index in [1.807, 2.05) is 13.8 Å². The molecule has 0 amide bonds. The van der Waals surface area contributed by atoms with E-state index in [1.54, 1.807) is 6.08 Å². The predicted molar refractivity (Wildman–Crippen MR) is 116 cm³/mol. The van der Waals surface area contributed by atoms with E-state index in [1.165, 1.54) is 14.0 Å². The van der Waals surface area contributed by atoms with Crippen LogP contribution in [0, 0.1) is 22.7 Å². The average molecular weight is 467 g/mol. The zero-order valence-corrected chi connectivity index (χ0v) is 19.9. The molecule has 4 aliphatic carbocycles. The van der Waals surface area contributed by atoms with Crippen LogP contribution in [-0.2, 0) is 28.6 Å². The highest BCUT2D eigenvalue weighted by Crippen LogP contribution is 2.70. The van der Waals surface area contributed by atoms with E-state index in [4.69, 9.17) is 14.2 Å². The summed E-state index contributed by atoms with van der Waals surface area (Å²) in [6.07, 6.45) is 2.96. The molecular formula is C25H35FO7. The lowest BCUT2D eigenvalue weighted by atomic mass is 9.44. The molecule has 1 N–H and O–H groups in total. The molecule has 0 heterocycles. The summed E-state index contributed by atoms with van der Waals surface area (Å²) in [5, 5.41) is 11.4. The summed E-state index contributed by atoms with van der Waals surface area (Å²) in [6.45, 7) is 4.41. The number of hydrogen-bond donors (Lipinski definition) is 1. The molecule has 4 rings (SSSR count). The fourth-order valence-corrected chi connectivity index (χ4v) is 7.78. The number of carbonyl (C=O) groups is 3. The van der Waals surface area contributed by atoms with Crippen molar-refractivity contribution in [1.82, 2.24) is 0 Å². The Morgan fingerprint density at radius 3 is 2.58 bits per heavy atom. The fraction of sp³-hybridized carbons (Fsp3) is 0.800. The molecule has 3 saturated carbocycles. The van der Waals surface area contributed by atoms with Crippen LogP contribution in [0.2, 0.25) is 0 Å². The molecule has 0 aromatic heterocycles. The first-order valence-electron chi connectivity index (χ1n) is 11.9. The van der Waals surface area contributed by atoms with Crippen LogP contribution >= 0.6 is 0 Å². The first-order valence-corrected chi connectivity index (χ1v) is 11.9. The molecule has 0 aromatic carbocycles. The molecule has 0 bridgehead atoms. The first-order chi connectivity index (χ1) is 15.5. The van der Waals surface area contributed by atoms with Crippen molar-refractivity contribution in [2.45, 2.75) is 83.1 Å². The maximum absolute atomic E-state index is 17.2. The summed E-state index contributed by atoms with van der Waals surface area (Å²) in [5.74, 6) is -1.62. The predicted octanol–water partition coefficient (Wildman–Crippen LogP) is 3.07.